The topological polar surface area (TPSA) is 68.2 Å². The molecule has 0 fully saturated rings. The summed E-state index contributed by atoms with van der Waals surface area (Å²) in [7, 11) is 0. The largest absolute Gasteiger partial charge is 0.386 e. The molecule has 0 saturated heterocycles. The fourth-order valence-corrected chi connectivity index (χ4v) is 3.19. The van der Waals surface area contributed by atoms with E-state index in [0.29, 0.717) is 5.56 Å². The molecule has 3 rings (SSSR count). The Kier molecular flexibility index (Phi) is 6.72. The number of hydrogen-bond acceptors (Lipinski definition) is 3. The number of aryl methyl sites for hydroxylation is 2. The Hall–Kier alpha value is -2.54. The average molecular weight is 407 g/mol. The molecule has 2 atom stereocenters. The van der Waals surface area contributed by atoms with Crippen molar-refractivity contribution in [2.45, 2.75) is 26.0 Å². The van der Waals surface area contributed by atoms with Crippen LogP contribution in [0.25, 0.3) is 5.69 Å². The lowest BCUT2D eigenvalue weighted by Gasteiger charge is -2.21. The second kappa shape index (κ2) is 8.65. The predicted molar refractivity (Wildman–Crippen MR) is 107 cm³/mol. The van der Waals surface area contributed by atoms with Crippen LogP contribution in [-0.2, 0) is 0 Å². The van der Waals surface area contributed by atoms with Crippen LogP contribution in [0.2, 0.25) is 0 Å². The zero-order chi connectivity index (χ0) is 19.7. The Bertz CT molecular complexity index is 1030. The van der Waals surface area contributed by atoms with Gasteiger partial charge in [0.2, 0.25) is 0 Å². The maximum Gasteiger partial charge on any atom is 0.255 e. The van der Waals surface area contributed by atoms with Gasteiger partial charge < -0.3 is 10.8 Å². The SMILES string of the molecule is Cc1cccc(C)c1-n1cc(C(O)C(N)c2ccc(F)cc2F)ccc1=O.Cl. The van der Waals surface area contributed by atoms with Gasteiger partial charge in [-0.2, -0.15) is 0 Å². The first-order chi connectivity index (χ1) is 12.8. The smallest absolute Gasteiger partial charge is 0.255 e. The molecule has 0 aliphatic rings. The minimum Gasteiger partial charge on any atom is -0.386 e. The molecule has 2 aromatic carbocycles. The third-order valence-electron chi connectivity index (χ3n) is 4.62. The van der Waals surface area contributed by atoms with E-state index in [2.05, 4.69) is 0 Å². The van der Waals surface area contributed by atoms with Gasteiger partial charge in [0.1, 0.15) is 11.6 Å². The molecule has 0 radical (unpaired) electrons. The van der Waals surface area contributed by atoms with Gasteiger partial charge in [0.25, 0.3) is 5.56 Å². The Balaban J connectivity index is 0.00000280. The third kappa shape index (κ3) is 4.14. The van der Waals surface area contributed by atoms with E-state index in [1.165, 1.54) is 29.0 Å². The lowest BCUT2D eigenvalue weighted by molar-refractivity contribution is 0.144. The van der Waals surface area contributed by atoms with Crippen molar-refractivity contribution in [2.24, 2.45) is 5.73 Å². The zero-order valence-electron chi connectivity index (χ0n) is 15.4. The van der Waals surface area contributed by atoms with E-state index in [0.717, 1.165) is 28.9 Å². The highest BCUT2D eigenvalue weighted by molar-refractivity contribution is 5.85. The van der Waals surface area contributed by atoms with Crippen molar-refractivity contribution >= 4 is 12.4 Å². The second-order valence-electron chi connectivity index (χ2n) is 6.55. The minimum atomic E-state index is -1.28. The van der Waals surface area contributed by atoms with Crippen LogP contribution in [0.15, 0.2) is 59.5 Å². The van der Waals surface area contributed by atoms with Crippen molar-refractivity contribution in [2.75, 3.05) is 0 Å². The number of aromatic nitrogens is 1. The number of halogens is 3. The summed E-state index contributed by atoms with van der Waals surface area (Å²) in [5.41, 5.74) is 8.62. The van der Waals surface area contributed by atoms with Crippen LogP contribution in [0.4, 0.5) is 8.78 Å². The van der Waals surface area contributed by atoms with Gasteiger partial charge in [-0.15, -0.1) is 12.4 Å². The zero-order valence-corrected chi connectivity index (χ0v) is 16.2. The van der Waals surface area contributed by atoms with E-state index >= 15 is 0 Å². The van der Waals surface area contributed by atoms with Crippen molar-refractivity contribution in [3.63, 3.8) is 0 Å². The summed E-state index contributed by atoms with van der Waals surface area (Å²) in [4.78, 5) is 12.4. The van der Waals surface area contributed by atoms with E-state index in [9.17, 15) is 18.7 Å². The predicted octanol–water partition coefficient (Wildman–Crippen LogP) is 3.89. The first kappa shape index (κ1) is 21.8. The third-order valence-corrected chi connectivity index (χ3v) is 4.62. The number of para-hydroxylation sites is 1. The van der Waals surface area contributed by atoms with Crippen molar-refractivity contribution in [1.29, 1.82) is 0 Å². The standard InChI is InChI=1S/C21H20F2N2O2.ClH/c1-12-4-3-5-13(2)20(12)25-11-14(6-9-18(25)26)21(27)19(24)16-8-7-15(22)10-17(16)23;/h3-11,19,21,27H,24H2,1-2H3;1H. The first-order valence-corrected chi connectivity index (χ1v) is 8.47. The first-order valence-electron chi connectivity index (χ1n) is 8.47. The molecule has 148 valence electrons. The normalized spacial score (nSPS) is 12.9. The van der Waals surface area contributed by atoms with Crippen LogP contribution in [0.1, 0.15) is 34.4 Å². The molecule has 7 heteroatoms. The molecule has 0 amide bonds. The van der Waals surface area contributed by atoms with E-state index in [-0.39, 0.29) is 23.5 Å². The molecule has 1 heterocycles. The molecule has 0 bridgehead atoms. The van der Waals surface area contributed by atoms with Gasteiger partial charge in [0, 0.05) is 23.9 Å². The van der Waals surface area contributed by atoms with Crippen LogP contribution in [0, 0.1) is 25.5 Å². The van der Waals surface area contributed by atoms with E-state index < -0.39 is 23.8 Å². The van der Waals surface area contributed by atoms with E-state index in [1.54, 1.807) is 0 Å². The maximum atomic E-state index is 14.0. The highest BCUT2D eigenvalue weighted by atomic mass is 35.5. The molecule has 2 unspecified atom stereocenters. The number of hydrogen-bond donors (Lipinski definition) is 2. The number of rotatable bonds is 4. The van der Waals surface area contributed by atoms with Crippen LogP contribution in [0.5, 0.6) is 0 Å². The average Bonchev–Trinajstić information content (AvgIpc) is 2.62. The summed E-state index contributed by atoms with van der Waals surface area (Å²) in [6.07, 6.45) is 0.227. The number of aliphatic hydroxyl groups excluding tert-OH is 1. The monoisotopic (exact) mass is 406 g/mol. The highest BCUT2D eigenvalue weighted by Gasteiger charge is 2.23. The Morgan fingerprint density at radius 2 is 1.68 bits per heavy atom. The minimum absolute atomic E-state index is 0. The molecule has 0 aliphatic heterocycles. The van der Waals surface area contributed by atoms with Gasteiger partial charge in [-0.3, -0.25) is 9.36 Å². The van der Waals surface area contributed by atoms with Crippen molar-refractivity contribution in [1.82, 2.24) is 4.57 Å². The van der Waals surface area contributed by atoms with E-state index in [4.69, 9.17) is 5.73 Å². The fourth-order valence-electron chi connectivity index (χ4n) is 3.19. The Labute approximate surface area is 167 Å². The molecular weight excluding hydrogens is 386 g/mol. The number of benzene rings is 2. The van der Waals surface area contributed by atoms with Gasteiger partial charge in [-0.05, 0) is 42.7 Å². The lowest BCUT2D eigenvalue weighted by atomic mass is 9.97. The molecule has 4 nitrogen and oxygen atoms in total. The molecule has 3 aromatic rings. The molecule has 1 aromatic heterocycles. The number of nitrogens with zero attached hydrogens (tertiary/aromatic N) is 1. The maximum absolute atomic E-state index is 14.0. The Morgan fingerprint density at radius 1 is 1.04 bits per heavy atom. The molecule has 0 spiro atoms. The summed E-state index contributed by atoms with van der Waals surface area (Å²) < 4.78 is 28.6. The molecule has 3 N–H and O–H groups in total. The van der Waals surface area contributed by atoms with Crippen LogP contribution >= 0.6 is 12.4 Å². The number of nitrogens with two attached hydrogens (primary N) is 1. The van der Waals surface area contributed by atoms with Crippen LogP contribution in [-0.4, -0.2) is 9.67 Å². The molecule has 0 saturated carbocycles. The van der Waals surface area contributed by atoms with Crippen LogP contribution < -0.4 is 11.3 Å². The fraction of sp³-hybridized carbons (Fsp3) is 0.190. The second-order valence-corrected chi connectivity index (χ2v) is 6.55. The van der Waals surface area contributed by atoms with Gasteiger partial charge >= 0.3 is 0 Å². The lowest BCUT2D eigenvalue weighted by Crippen LogP contribution is -2.24. The summed E-state index contributed by atoms with van der Waals surface area (Å²) in [5.74, 6) is -1.55. The van der Waals surface area contributed by atoms with Crippen molar-refractivity contribution in [3.05, 3.63) is 99.0 Å². The highest BCUT2D eigenvalue weighted by Crippen LogP contribution is 2.29. The van der Waals surface area contributed by atoms with E-state index in [1.807, 2.05) is 32.0 Å². The van der Waals surface area contributed by atoms with Gasteiger partial charge in [-0.25, -0.2) is 8.78 Å². The van der Waals surface area contributed by atoms with Crippen molar-refractivity contribution < 1.29 is 13.9 Å². The summed E-state index contributed by atoms with van der Waals surface area (Å²) in [5, 5.41) is 10.6. The summed E-state index contributed by atoms with van der Waals surface area (Å²) in [6, 6.07) is 10.4. The number of pyridine rings is 1. The number of aliphatic hydroxyl groups is 1. The summed E-state index contributed by atoms with van der Waals surface area (Å²) >= 11 is 0. The van der Waals surface area contributed by atoms with Crippen LogP contribution in [0.3, 0.4) is 0 Å². The Morgan fingerprint density at radius 3 is 2.29 bits per heavy atom. The van der Waals surface area contributed by atoms with Crippen molar-refractivity contribution in [3.8, 4) is 5.69 Å². The molecule has 0 aliphatic carbocycles. The van der Waals surface area contributed by atoms with Gasteiger partial charge in [0.15, 0.2) is 0 Å². The molecule has 28 heavy (non-hydrogen) atoms. The van der Waals surface area contributed by atoms with Gasteiger partial charge in [-0.1, -0.05) is 24.3 Å². The van der Waals surface area contributed by atoms with Gasteiger partial charge in [0.05, 0.1) is 17.8 Å². The molecular formula is C21H21ClF2N2O2. The summed E-state index contributed by atoms with van der Waals surface area (Å²) in [6.45, 7) is 3.77. The quantitative estimate of drug-likeness (QED) is 0.690.